The van der Waals surface area contributed by atoms with E-state index in [2.05, 4.69) is 6.92 Å². The molecule has 0 aliphatic heterocycles. The zero-order valence-electron chi connectivity index (χ0n) is 17.4. The lowest BCUT2D eigenvalue weighted by atomic mass is 9.91. The topological polar surface area (TPSA) is 57.5 Å². The molecule has 0 amide bonds. The molecule has 4 nitrogen and oxygen atoms in total. The number of rotatable bonds is 17. The van der Waals surface area contributed by atoms with Gasteiger partial charge in [-0.05, 0) is 6.42 Å². The van der Waals surface area contributed by atoms with Crippen molar-refractivity contribution in [1.82, 2.24) is 0 Å². The Morgan fingerprint density at radius 2 is 1.20 bits per heavy atom. The number of nitrogens with zero attached hydrogens (tertiary/aromatic N) is 1. The van der Waals surface area contributed by atoms with Gasteiger partial charge in [0.2, 0.25) is 0 Å². The fourth-order valence-electron chi connectivity index (χ4n) is 3.68. The maximum absolute atomic E-state index is 11.1. The lowest BCUT2D eigenvalue weighted by molar-refractivity contribution is -0.877. The molecule has 0 saturated carbocycles. The fourth-order valence-corrected chi connectivity index (χ4v) is 3.68. The van der Waals surface area contributed by atoms with Crippen molar-refractivity contribution in [1.29, 1.82) is 0 Å². The van der Waals surface area contributed by atoms with Crippen molar-refractivity contribution >= 4 is 5.97 Å². The van der Waals surface area contributed by atoms with Crippen molar-refractivity contribution in [2.24, 2.45) is 0 Å². The highest BCUT2D eigenvalue weighted by Gasteiger charge is 2.35. The van der Waals surface area contributed by atoms with Crippen molar-refractivity contribution in [2.45, 2.75) is 102 Å². The van der Waals surface area contributed by atoms with Crippen molar-refractivity contribution in [2.75, 3.05) is 27.7 Å². The van der Waals surface area contributed by atoms with E-state index in [-0.39, 0.29) is 6.42 Å². The van der Waals surface area contributed by atoms with Gasteiger partial charge in [0.25, 0.3) is 0 Å². The summed E-state index contributed by atoms with van der Waals surface area (Å²) in [7, 11) is 5.99. The summed E-state index contributed by atoms with van der Waals surface area (Å²) in [6.45, 7) is 2.74. The molecule has 0 aromatic carbocycles. The summed E-state index contributed by atoms with van der Waals surface area (Å²) in [5.74, 6) is -0.908. The van der Waals surface area contributed by atoms with Crippen molar-refractivity contribution in [3.63, 3.8) is 0 Å². The Bertz CT molecular complexity index is 339. The van der Waals surface area contributed by atoms with Crippen molar-refractivity contribution < 1.29 is 19.5 Å². The average molecular weight is 359 g/mol. The summed E-state index contributed by atoms with van der Waals surface area (Å²) >= 11 is 0. The van der Waals surface area contributed by atoms with E-state index in [1.165, 1.54) is 64.2 Å². The van der Waals surface area contributed by atoms with Crippen LogP contribution in [0.4, 0.5) is 0 Å². The second-order valence-electron chi connectivity index (χ2n) is 8.88. The molecule has 25 heavy (non-hydrogen) atoms. The van der Waals surface area contributed by atoms with E-state index in [4.69, 9.17) is 5.11 Å². The summed E-state index contributed by atoms with van der Waals surface area (Å²) < 4.78 is 0.585. The van der Waals surface area contributed by atoms with Gasteiger partial charge in [-0.2, -0.15) is 0 Å². The maximum Gasteiger partial charge on any atom is 0.306 e. The molecule has 0 bridgehead atoms. The van der Waals surface area contributed by atoms with Gasteiger partial charge >= 0.3 is 5.97 Å². The van der Waals surface area contributed by atoms with Crippen LogP contribution in [-0.2, 0) is 4.79 Å². The SMILES string of the molecule is CCCCCCCCCCCCCCC(O)(CC(=O)O)C[N+](C)(C)C. The fraction of sp³-hybridized carbons (Fsp3) is 0.952. The van der Waals surface area contributed by atoms with Crippen LogP contribution < -0.4 is 0 Å². The number of aliphatic carboxylic acids is 1. The lowest BCUT2D eigenvalue weighted by Crippen LogP contribution is -2.50. The van der Waals surface area contributed by atoms with Crippen LogP contribution in [0.3, 0.4) is 0 Å². The van der Waals surface area contributed by atoms with Crippen LogP contribution in [0.2, 0.25) is 0 Å². The maximum atomic E-state index is 11.1. The minimum Gasteiger partial charge on any atom is -0.481 e. The smallest absolute Gasteiger partial charge is 0.306 e. The summed E-state index contributed by atoms with van der Waals surface area (Å²) in [4.78, 5) is 11.1. The predicted molar refractivity (Wildman–Crippen MR) is 106 cm³/mol. The largest absolute Gasteiger partial charge is 0.481 e. The number of quaternary nitrogens is 1. The Kier molecular flexibility index (Phi) is 13.2. The van der Waals surface area contributed by atoms with Crippen molar-refractivity contribution in [3.8, 4) is 0 Å². The van der Waals surface area contributed by atoms with Gasteiger partial charge in [0.1, 0.15) is 12.1 Å². The molecular weight excluding hydrogens is 314 g/mol. The molecule has 1 atom stereocenters. The average Bonchev–Trinajstić information content (AvgIpc) is 2.45. The van der Waals surface area contributed by atoms with Gasteiger partial charge < -0.3 is 14.7 Å². The van der Waals surface area contributed by atoms with Gasteiger partial charge in [-0.15, -0.1) is 0 Å². The highest BCUT2D eigenvalue weighted by molar-refractivity contribution is 5.68. The van der Waals surface area contributed by atoms with E-state index in [0.717, 1.165) is 12.8 Å². The van der Waals surface area contributed by atoms with Gasteiger partial charge in [-0.3, -0.25) is 4.79 Å². The number of carbonyl (C=O) groups is 1. The molecule has 0 rings (SSSR count). The summed E-state index contributed by atoms with van der Waals surface area (Å²) in [6.07, 6.45) is 15.8. The standard InChI is InChI=1S/C21H43NO3/c1-5-6-7-8-9-10-11-12-13-14-15-16-17-21(25,18-20(23)24)19-22(2,3)4/h25H,5-19H2,1-4H3/p+1. The highest BCUT2D eigenvalue weighted by atomic mass is 16.4. The molecule has 0 saturated heterocycles. The van der Waals surface area contributed by atoms with Crippen LogP contribution in [0.15, 0.2) is 0 Å². The minimum absolute atomic E-state index is 0.152. The Morgan fingerprint density at radius 3 is 1.56 bits per heavy atom. The zero-order chi connectivity index (χ0) is 19.2. The van der Waals surface area contributed by atoms with Crippen LogP contribution in [0.1, 0.15) is 96.8 Å². The van der Waals surface area contributed by atoms with E-state index in [9.17, 15) is 9.90 Å². The monoisotopic (exact) mass is 358 g/mol. The molecule has 0 aliphatic rings. The van der Waals surface area contributed by atoms with Gasteiger partial charge in [-0.1, -0.05) is 84.0 Å². The Hall–Kier alpha value is -0.610. The number of unbranched alkanes of at least 4 members (excludes halogenated alkanes) is 11. The second kappa shape index (κ2) is 13.6. The first-order valence-electron chi connectivity index (χ1n) is 10.4. The molecule has 0 spiro atoms. The van der Waals surface area contributed by atoms with E-state index in [0.29, 0.717) is 17.4 Å². The number of hydrogen-bond acceptors (Lipinski definition) is 2. The molecule has 4 heteroatoms. The van der Waals surface area contributed by atoms with Crippen LogP contribution in [0.5, 0.6) is 0 Å². The predicted octanol–water partition coefficient (Wildman–Crippen LogP) is 4.99. The highest BCUT2D eigenvalue weighted by Crippen LogP contribution is 2.23. The number of aliphatic hydroxyl groups is 1. The normalized spacial score (nSPS) is 14.4. The molecule has 0 heterocycles. The van der Waals surface area contributed by atoms with Gasteiger partial charge in [0, 0.05) is 0 Å². The van der Waals surface area contributed by atoms with Crippen LogP contribution in [0, 0.1) is 0 Å². The molecule has 0 aromatic heterocycles. The molecule has 0 radical (unpaired) electrons. The van der Waals surface area contributed by atoms with Crippen LogP contribution >= 0.6 is 0 Å². The van der Waals surface area contributed by atoms with E-state index in [1.54, 1.807) is 0 Å². The van der Waals surface area contributed by atoms with E-state index >= 15 is 0 Å². The molecular formula is C21H44NO3+. The molecule has 0 fully saturated rings. The zero-order valence-corrected chi connectivity index (χ0v) is 17.4. The molecule has 150 valence electrons. The minimum atomic E-state index is -1.08. The number of carboxylic acid groups (broad SMARTS) is 1. The van der Waals surface area contributed by atoms with Gasteiger partial charge in [-0.25, -0.2) is 0 Å². The third kappa shape index (κ3) is 16.6. The van der Waals surface area contributed by atoms with Crippen LogP contribution in [-0.4, -0.2) is 54.0 Å². The van der Waals surface area contributed by atoms with Crippen LogP contribution in [0.25, 0.3) is 0 Å². The number of carboxylic acids is 1. The lowest BCUT2D eigenvalue weighted by Gasteiger charge is -2.34. The molecule has 1 unspecified atom stereocenters. The quantitative estimate of drug-likeness (QED) is 0.284. The summed E-state index contributed by atoms with van der Waals surface area (Å²) in [5, 5.41) is 19.8. The second-order valence-corrected chi connectivity index (χ2v) is 8.88. The van der Waals surface area contributed by atoms with E-state index in [1.807, 2.05) is 21.1 Å². The molecule has 2 N–H and O–H groups in total. The van der Waals surface area contributed by atoms with Crippen molar-refractivity contribution in [3.05, 3.63) is 0 Å². The van der Waals surface area contributed by atoms with Gasteiger partial charge in [0.15, 0.2) is 0 Å². The summed E-state index contributed by atoms with van der Waals surface area (Å²) in [5.41, 5.74) is -1.08. The first kappa shape index (κ1) is 24.4. The Labute approximate surface area is 156 Å². The Balaban J connectivity index is 3.73. The number of hydrogen-bond donors (Lipinski definition) is 2. The Morgan fingerprint density at radius 1 is 0.800 bits per heavy atom. The molecule has 0 aliphatic carbocycles. The first-order chi connectivity index (χ1) is 11.7. The summed E-state index contributed by atoms with van der Waals surface area (Å²) in [6, 6.07) is 0. The van der Waals surface area contributed by atoms with Gasteiger partial charge in [0.05, 0.1) is 27.6 Å². The number of likely N-dealkylation sites (N-methyl/N-ethyl adjacent to an activating group) is 1. The van der Waals surface area contributed by atoms with E-state index < -0.39 is 11.6 Å². The first-order valence-corrected chi connectivity index (χ1v) is 10.4. The third-order valence-electron chi connectivity index (χ3n) is 4.74. The molecule has 0 aromatic rings. The third-order valence-corrected chi connectivity index (χ3v) is 4.74.